The predicted molar refractivity (Wildman–Crippen MR) is 73.0 cm³/mol. The van der Waals surface area contributed by atoms with Gasteiger partial charge in [0, 0.05) is 30.6 Å². The lowest BCUT2D eigenvalue weighted by Crippen LogP contribution is -2.28. The van der Waals surface area contributed by atoms with Crippen LogP contribution < -0.4 is 15.8 Å². The summed E-state index contributed by atoms with van der Waals surface area (Å²) in [6.07, 6.45) is 0.0901. The second kappa shape index (κ2) is 7.08. The molecule has 1 aromatic rings. The average molecular weight is 254 g/mol. The highest BCUT2D eigenvalue weighted by Gasteiger charge is 2.08. The summed E-state index contributed by atoms with van der Waals surface area (Å²) in [6, 6.07) is 5.26. The van der Waals surface area contributed by atoms with E-state index in [0.29, 0.717) is 18.0 Å². The van der Waals surface area contributed by atoms with Gasteiger partial charge in [-0.15, -0.1) is 0 Å². The molecular formula is C13H22N2O3. The van der Waals surface area contributed by atoms with Crippen LogP contribution in [0, 0.1) is 0 Å². The molecule has 0 aromatic heterocycles. The minimum atomic E-state index is -0.163. The van der Waals surface area contributed by atoms with Crippen molar-refractivity contribution in [1.82, 2.24) is 0 Å². The molecule has 0 fully saturated rings. The van der Waals surface area contributed by atoms with Crippen molar-refractivity contribution in [2.75, 3.05) is 31.4 Å². The molecule has 0 radical (unpaired) electrons. The van der Waals surface area contributed by atoms with Crippen molar-refractivity contribution in [1.29, 1.82) is 0 Å². The van der Waals surface area contributed by atoms with Gasteiger partial charge in [0.2, 0.25) is 0 Å². The fraction of sp³-hybridized carbons (Fsp3) is 0.538. The van der Waals surface area contributed by atoms with E-state index >= 15 is 0 Å². The summed E-state index contributed by atoms with van der Waals surface area (Å²) in [7, 11) is 1.59. The van der Waals surface area contributed by atoms with Gasteiger partial charge in [0.1, 0.15) is 5.75 Å². The van der Waals surface area contributed by atoms with E-state index in [4.69, 9.17) is 15.2 Å². The van der Waals surface area contributed by atoms with E-state index in [1.54, 1.807) is 19.2 Å². The number of nitrogens with one attached hydrogen (secondary N) is 1. The lowest BCUT2D eigenvalue weighted by atomic mass is 10.2. The van der Waals surface area contributed by atoms with E-state index in [1.807, 2.05) is 19.9 Å². The molecule has 1 unspecified atom stereocenters. The smallest absolute Gasteiger partial charge is 0.123 e. The van der Waals surface area contributed by atoms with Crippen LogP contribution in [-0.2, 0) is 4.74 Å². The first kappa shape index (κ1) is 14.6. The summed E-state index contributed by atoms with van der Waals surface area (Å²) in [5.41, 5.74) is 7.24. The molecule has 0 saturated heterocycles. The van der Waals surface area contributed by atoms with Crippen LogP contribution in [0.2, 0.25) is 0 Å². The number of nitrogen functional groups attached to an aromatic ring is 1. The molecule has 18 heavy (non-hydrogen) atoms. The van der Waals surface area contributed by atoms with Crippen molar-refractivity contribution in [2.24, 2.45) is 0 Å². The Morgan fingerprint density at radius 3 is 2.61 bits per heavy atom. The number of hydrogen-bond acceptors (Lipinski definition) is 5. The highest BCUT2D eigenvalue weighted by molar-refractivity contribution is 5.59. The second-order valence-corrected chi connectivity index (χ2v) is 4.44. The number of benzene rings is 1. The summed E-state index contributed by atoms with van der Waals surface area (Å²) in [5, 5.41) is 12.3. The normalized spacial score (nSPS) is 12.5. The quantitative estimate of drug-likeness (QED) is 0.642. The second-order valence-electron chi connectivity index (χ2n) is 4.44. The van der Waals surface area contributed by atoms with Gasteiger partial charge in [-0.1, -0.05) is 0 Å². The Balaban J connectivity index is 2.78. The molecule has 1 atom stereocenters. The van der Waals surface area contributed by atoms with Gasteiger partial charge in [-0.3, -0.25) is 0 Å². The fourth-order valence-electron chi connectivity index (χ4n) is 1.62. The third-order valence-corrected chi connectivity index (χ3v) is 2.26. The Labute approximate surface area is 108 Å². The summed E-state index contributed by atoms with van der Waals surface area (Å²) in [5.74, 6) is 0.710. The fourth-order valence-corrected chi connectivity index (χ4v) is 1.62. The first-order valence-corrected chi connectivity index (χ1v) is 5.98. The van der Waals surface area contributed by atoms with Gasteiger partial charge in [0.05, 0.1) is 25.4 Å². The first-order chi connectivity index (χ1) is 8.55. The van der Waals surface area contributed by atoms with Gasteiger partial charge in [0.25, 0.3) is 0 Å². The maximum atomic E-state index is 9.20. The standard InChI is InChI=1S/C13H22N2O3/c1-9(2)18-13-5-10(14)4-11(6-13)15-12(7-16)8-17-3/h4-6,9,12,15-16H,7-8,14H2,1-3H3. The van der Waals surface area contributed by atoms with Crippen LogP contribution in [0.1, 0.15) is 13.8 Å². The van der Waals surface area contributed by atoms with Crippen LogP contribution in [0.3, 0.4) is 0 Å². The van der Waals surface area contributed by atoms with Gasteiger partial charge in [-0.2, -0.15) is 0 Å². The topological polar surface area (TPSA) is 76.7 Å². The minimum Gasteiger partial charge on any atom is -0.491 e. The Kier molecular flexibility index (Phi) is 5.74. The molecule has 0 heterocycles. The zero-order valence-corrected chi connectivity index (χ0v) is 11.1. The van der Waals surface area contributed by atoms with Crippen LogP contribution in [0.15, 0.2) is 18.2 Å². The van der Waals surface area contributed by atoms with Crippen LogP contribution >= 0.6 is 0 Å². The number of aliphatic hydroxyl groups is 1. The van der Waals surface area contributed by atoms with Crippen LogP contribution in [-0.4, -0.2) is 37.6 Å². The molecule has 0 aliphatic rings. The maximum Gasteiger partial charge on any atom is 0.123 e. The molecule has 0 amide bonds. The third-order valence-electron chi connectivity index (χ3n) is 2.26. The van der Waals surface area contributed by atoms with Crippen molar-refractivity contribution in [3.05, 3.63) is 18.2 Å². The van der Waals surface area contributed by atoms with E-state index in [-0.39, 0.29) is 18.8 Å². The molecule has 5 heteroatoms. The molecule has 5 nitrogen and oxygen atoms in total. The monoisotopic (exact) mass is 254 g/mol. The highest BCUT2D eigenvalue weighted by Crippen LogP contribution is 2.24. The largest absolute Gasteiger partial charge is 0.491 e. The highest BCUT2D eigenvalue weighted by atomic mass is 16.5. The van der Waals surface area contributed by atoms with E-state index in [2.05, 4.69) is 5.32 Å². The molecule has 0 saturated carbocycles. The summed E-state index contributed by atoms with van der Waals surface area (Å²) in [4.78, 5) is 0. The van der Waals surface area contributed by atoms with E-state index in [1.165, 1.54) is 0 Å². The lowest BCUT2D eigenvalue weighted by molar-refractivity contribution is 0.153. The number of rotatable bonds is 7. The average Bonchev–Trinajstić information content (AvgIpc) is 2.26. The molecule has 0 aliphatic carbocycles. The molecule has 4 N–H and O–H groups in total. The van der Waals surface area contributed by atoms with E-state index < -0.39 is 0 Å². The van der Waals surface area contributed by atoms with Crippen molar-refractivity contribution in [3.8, 4) is 5.75 Å². The van der Waals surface area contributed by atoms with Gasteiger partial charge in [0.15, 0.2) is 0 Å². The number of hydrogen-bond donors (Lipinski definition) is 3. The lowest BCUT2D eigenvalue weighted by Gasteiger charge is -2.18. The third kappa shape index (κ3) is 4.81. The van der Waals surface area contributed by atoms with Gasteiger partial charge in [-0.25, -0.2) is 0 Å². The first-order valence-electron chi connectivity index (χ1n) is 5.98. The van der Waals surface area contributed by atoms with Crippen molar-refractivity contribution < 1.29 is 14.6 Å². The number of ether oxygens (including phenoxy) is 2. The molecule has 0 bridgehead atoms. The Morgan fingerprint density at radius 2 is 2.06 bits per heavy atom. The zero-order chi connectivity index (χ0) is 13.5. The minimum absolute atomic E-state index is 0.0109. The van der Waals surface area contributed by atoms with Crippen molar-refractivity contribution >= 4 is 11.4 Å². The van der Waals surface area contributed by atoms with E-state index in [0.717, 1.165) is 5.69 Å². The summed E-state index contributed by atoms with van der Waals surface area (Å²) >= 11 is 0. The van der Waals surface area contributed by atoms with Crippen LogP contribution in [0.4, 0.5) is 11.4 Å². The Hall–Kier alpha value is -1.46. The number of methoxy groups -OCH3 is 1. The molecule has 0 aliphatic heterocycles. The zero-order valence-electron chi connectivity index (χ0n) is 11.1. The number of nitrogens with two attached hydrogens (primary N) is 1. The molecular weight excluding hydrogens is 232 g/mol. The summed E-state index contributed by atoms with van der Waals surface area (Å²) in [6.45, 7) is 4.32. The van der Waals surface area contributed by atoms with Gasteiger partial charge in [-0.05, 0) is 19.9 Å². The number of anilines is 2. The van der Waals surface area contributed by atoms with Gasteiger partial charge < -0.3 is 25.6 Å². The maximum absolute atomic E-state index is 9.20. The van der Waals surface area contributed by atoms with Crippen molar-refractivity contribution in [2.45, 2.75) is 26.0 Å². The molecule has 1 rings (SSSR count). The SMILES string of the molecule is COCC(CO)Nc1cc(N)cc(OC(C)C)c1. The molecule has 0 spiro atoms. The Morgan fingerprint density at radius 1 is 1.33 bits per heavy atom. The predicted octanol–water partition coefficient (Wildman–Crippen LogP) is 1.48. The molecule has 1 aromatic carbocycles. The summed E-state index contributed by atoms with van der Waals surface area (Å²) < 4.78 is 10.6. The van der Waals surface area contributed by atoms with Crippen LogP contribution in [0.5, 0.6) is 5.75 Å². The number of aliphatic hydroxyl groups excluding tert-OH is 1. The molecule has 102 valence electrons. The Bertz CT molecular complexity index is 369. The van der Waals surface area contributed by atoms with Gasteiger partial charge >= 0.3 is 0 Å². The van der Waals surface area contributed by atoms with E-state index in [9.17, 15) is 5.11 Å². The van der Waals surface area contributed by atoms with Crippen molar-refractivity contribution in [3.63, 3.8) is 0 Å². The van der Waals surface area contributed by atoms with Crippen LogP contribution in [0.25, 0.3) is 0 Å².